The van der Waals surface area contributed by atoms with E-state index in [0.29, 0.717) is 6.54 Å². The predicted molar refractivity (Wildman–Crippen MR) is 87.7 cm³/mol. The zero-order valence-electron chi connectivity index (χ0n) is 14.1. The molecule has 3 aliphatic rings. The lowest BCUT2D eigenvalue weighted by Crippen LogP contribution is -2.43. The molecule has 1 atom stereocenters. The molecule has 1 aliphatic heterocycles. The standard InChI is InChI=1S/C18H30N2O3/c21-16(12-18(23)9-4-1-5-10-18)19-15-8-11-20(13-15)17(22)14-6-2-3-7-14/h14-15,23H,1-13H2,(H,19,21). The van der Waals surface area contributed by atoms with E-state index < -0.39 is 5.60 Å². The Morgan fingerprint density at radius 1 is 1.04 bits per heavy atom. The second-order valence-corrected chi connectivity index (χ2v) is 7.78. The number of aliphatic hydroxyl groups is 1. The van der Waals surface area contributed by atoms with Gasteiger partial charge in [-0.3, -0.25) is 9.59 Å². The van der Waals surface area contributed by atoms with Gasteiger partial charge in [0.05, 0.1) is 12.0 Å². The van der Waals surface area contributed by atoms with Gasteiger partial charge in [-0.15, -0.1) is 0 Å². The van der Waals surface area contributed by atoms with Gasteiger partial charge in [0.25, 0.3) is 0 Å². The Labute approximate surface area is 138 Å². The van der Waals surface area contributed by atoms with E-state index in [9.17, 15) is 14.7 Å². The molecule has 0 aromatic rings. The zero-order valence-corrected chi connectivity index (χ0v) is 14.1. The Morgan fingerprint density at radius 2 is 1.74 bits per heavy atom. The molecule has 2 amide bonds. The van der Waals surface area contributed by atoms with Crippen LogP contribution in [0.3, 0.4) is 0 Å². The normalized spacial score (nSPS) is 28.0. The number of hydrogen-bond acceptors (Lipinski definition) is 3. The fourth-order valence-electron chi connectivity index (χ4n) is 4.47. The quantitative estimate of drug-likeness (QED) is 0.831. The van der Waals surface area contributed by atoms with Crippen LogP contribution in [0.5, 0.6) is 0 Å². The minimum atomic E-state index is -0.805. The highest BCUT2D eigenvalue weighted by Crippen LogP contribution is 2.31. The lowest BCUT2D eigenvalue weighted by Gasteiger charge is -2.31. The summed E-state index contributed by atoms with van der Waals surface area (Å²) in [7, 11) is 0. The van der Waals surface area contributed by atoms with Gasteiger partial charge >= 0.3 is 0 Å². The van der Waals surface area contributed by atoms with E-state index in [-0.39, 0.29) is 30.2 Å². The summed E-state index contributed by atoms with van der Waals surface area (Å²) in [6.45, 7) is 1.39. The molecule has 1 saturated heterocycles. The van der Waals surface area contributed by atoms with Crippen LogP contribution in [0, 0.1) is 5.92 Å². The van der Waals surface area contributed by atoms with Crippen LogP contribution in [-0.2, 0) is 9.59 Å². The van der Waals surface area contributed by atoms with Gasteiger partial charge in [0.2, 0.25) is 11.8 Å². The van der Waals surface area contributed by atoms with E-state index in [2.05, 4.69) is 5.32 Å². The summed E-state index contributed by atoms with van der Waals surface area (Å²) in [5.41, 5.74) is -0.805. The number of hydrogen-bond donors (Lipinski definition) is 2. The molecule has 1 unspecified atom stereocenters. The van der Waals surface area contributed by atoms with Gasteiger partial charge in [-0.05, 0) is 32.1 Å². The van der Waals surface area contributed by atoms with Crippen molar-refractivity contribution in [3.05, 3.63) is 0 Å². The minimum Gasteiger partial charge on any atom is -0.389 e. The van der Waals surface area contributed by atoms with Gasteiger partial charge in [-0.2, -0.15) is 0 Å². The lowest BCUT2D eigenvalue weighted by molar-refractivity contribution is -0.135. The van der Waals surface area contributed by atoms with Crippen LogP contribution >= 0.6 is 0 Å². The molecular formula is C18H30N2O3. The molecule has 3 rings (SSSR count). The molecule has 2 N–H and O–H groups in total. The first kappa shape index (κ1) is 16.7. The Bertz CT molecular complexity index is 440. The monoisotopic (exact) mass is 322 g/mol. The van der Waals surface area contributed by atoms with Crippen LogP contribution in [0.25, 0.3) is 0 Å². The van der Waals surface area contributed by atoms with Gasteiger partial charge in [0.1, 0.15) is 0 Å². The topological polar surface area (TPSA) is 69.6 Å². The highest BCUT2D eigenvalue weighted by Gasteiger charge is 2.35. The third-order valence-corrected chi connectivity index (χ3v) is 5.84. The van der Waals surface area contributed by atoms with Crippen LogP contribution in [0.2, 0.25) is 0 Å². The molecule has 5 heteroatoms. The first-order valence-corrected chi connectivity index (χ1v) is 9.36. The number of likely N-dealkylation sites (tertiary alicyclic amines) is 1. The van der Waals surface area contributed by atoms with Crippen molar-refractivity contribution in [2.24, 2.45) is 5.92 Å². The Morgan fingerprint density at radius 3 is 2.43 bits per heavy atom. The van der Waals surface area contributed by atoms with Crippen molar-refractivity contribution in [1.29, 1.82) is 0 Å². The van der Waals surface area contributed by atoms with Crippen LogP contribution in [0.4, 0.5) is 0 Å². The number of carbonyl (C=O) groups is 2. The number of nitrogens with zero attached hydrogens (tertiary/aromatic N) is 1. The van der Waals surface area contributed by atoms with E-state index >= 15 is 0 Å². The molecular weight excluding hydrogens is 292 g/mol. The largest absolute Gasteiger partial charge is 0.389 e. The number of nitrogens with one attached hydrogen (secondary N) is 1. The maximum absolute atomic E-state index is 12.4. The third kappa shape index (κ3) is 4.25. The molecule has 0 radical (unpaired) electrons. The molecule has 130 valence electrons. The SMILES string of the molecule is O=C(CC1(O)CCCCC1)NC1CCN(C(=O)C2CCCC2)C1. The maximum Gasteiger partial charge on any atom is 0.225 e. The molecule has 0 bridgehead atoms. The molecule has 23 heavy (non-hydrogen) atoms. The molecule has 3 fully saturated rings. The zero-order chi connectivity index (χ0) is 16.3. The highest BCUT2D eigenvalue weighted by molar-refractivity contribution is 5.80. The molecule has 1 heterocycles. The van der Waals surface area contributed by atoms with E-state index in [0.717, 1.165) is 57.9 Å². The van der Waals surface area contributed by atoms with Gasteiger partial charge in [0.15, 0.2) is 0 Å². The average Bonchev–Trinajstić information content (AvgIpc) is 3.18. The van der Waals surface area contributed by atoms with Gasteiger partial charge in [-0.25, -0.2) is 0 Å². The van der Waals surface area contributed by atoms with E-state index in [1.165, 1.54) is 12.8 Å². The molecule has 0 aromatic heterocycles. The predicted octanol–water partition coefficient (Wildman–Crippen LogP) is 1.98. The number of amides is 2. The van der Waals surface area contributed by atoms with Crippen molar-refractivity contribution >= 4 is 11.8 Å². The lowest BCUT2D eigenvalue weighted by atomic mass is 9.82. The molecule has 5 nitrogen and oxygen atoms in total. The Hall–Kier alpha value is -1.10. The Balaban J connectivity index is 1.44. The maximum atomic E-state index is 12.4. The fourth-order valence-corrected chi connectivity index (χ4v) is 4.47. The number of rotatable bonds is 4. The summed E-state index contributed by atoms with van der Waals surface area (Å²) in [6.07, 6.45) is 10.1. The van der Waals surface area contributed by atoms with Crippen LogP contribution in [0.1, 0.15) is 70.6 Å². The van der Waals surface area contributed by atoms with Crippen LogP contribution in [-0.4, -0.2) is 46.6 Å². The number of carbonyl (C=O) groups excluding carboxylic acids is 2. The summed E-state index contributed by atoms with van der Waals surface area (Å²) in [5.74, 6) is 0.437. The van der Waals surface area contributed by atoms with E-state index in [4.69, 9.17) is 0 Å². The Kier molecular flexibility index (Phi) is 5.24. The molecule has 0 aromatic carbocycles. The summed E-state index contributed by atoms with van der Waals surface area (Å²) in [4.78, 5) is 26.6. The van der Waals surface area contributed by atoms with Gasteiger partial charge < -0.3 is 15.3 Å². The van der Waals surface area contributed by atoms with Crippen molar-refractivity contribution in [2.45, 2.75) is 82.3 Å². The van der Waals surface area contributed by atoms with Crippen molar-refractivity contribution in [3.8, 4) is 0 Å². The van der Waals surface area contributed by atoms with Crippen LogP contribution in [0.15, 0.2) is 0 Å². The second-order valence-electron chi connectivity index (χ2n) is 7.78. The first-order chi connectivity index (χ1) is 11.1. The van der Waals surface area contributed by atoms with Gasteiger partial charge in [-0.1, -0.05) is 32.1 Å². The first-order valence-electron chi connectivity index (χ1n) is 9.36. The van der Waals surface area contributed by atoms with E-state index in [1.54, 1.807) is 0 Å². The van der Waals surface area contributed by atoms with Crippen molar-refractivity contribution in [2.75, 3.05) is 13.1 Å². The average molecular weight is 322 g/mol. The van der Waals surface area contributed by atoms with E-state index in [1.807, 2.05) is 4.90 Å². The second kappa shape index (κ2) is 7.20. The van der Waals surface area contributed by atoms with Crippen LogP contribution < -0.4 is 5.32 Å². The molecule has 2 aliphatic carbocycles. The molecule has 2 saturated carbocycles. The van der Waals surface area contributed by atoms with Gasteiger partial charge in [0, 0.05) is 25.0 Å². The van der Waals surface area contributed by atoms with Crippen molar-refractivity contribution < 1.29 is 14.7 Å². The smallest absolute Gasteiger partial charge is 0.225 e. The minimum absolute atomic E-state index is 0.0556. The summed E-state index contributed by atoms with van der Waals surface area (Å²) in [6, 6.07) is 0.0556. The van der Waals surface area contributed by atoms with Crippen molar-refractivity contribution in [3.63, 3.8) is 0 Å². The highest BCUT2D eigenvalue weighted by atomic mass is 16.3. The third-order valence-electron chi connectivity index (χ3n) is 5.84. The summed E-state index contributed by atoms with van der Waals surface area (Å²) >= 11 is 0. The van der Waals surface area contributed by atoms with Crippen molar-refractivity contribution in [1.82, 2.24) is 10.2 Å². The fraction of sp³-hybridized carbons (Fsp3) is 0.889. The summed E-state index contributed by atoms with van der Waals surface area (Å²) in [5, 5.41) is 13.5. The summed E-state index contributed by atoms with van der Waals surface area (Å²) < 4.78 is 0. The molecule has 0 spiro atoms.